The van der Waals surface area contributed by atoms with Crippen LogP contribution in [0.25, 0.3) is 0 Å². The van der Waals surface area contributed by atoms with Crippen LogP contribution in [-0.2, 0) is 10.0 Å². The van der Waals surface area contributed by atoms with Gasteiger partial charge in [0.25, 0.3) is 0 Å². The van der Waals surface area contributed by atoms with Crippen molar-refractivity contribution in [1.29, 1.82) is 0 Å². The van der Waals surface area contributed by atoms with Crippen LogP contribution in [0.4, 0.5) is 11.4 Å². The largest absolute Gasteiger partial charge is 0.354 e. The molecular weight excluding hydrogens is 264 g/mol. The summed E-state index contributed by atoms with van der Waals surface area (Å²) in [6.45, 7) is 5.36. The van der Waals surface area contributed by atoms with E-state index in [1.807, 2.05) is 26.0 Å². The van der Waals surface area contributed by atoms with Gasteiger partial charge in [-0.05, 0) is 37.1 Å². The summed E-state index contributed by atoms with van der Waals surface area (Å²) in [6, 6.07) is 3.77. The van der Waals surface area contributed by atoms with Gasteiger partial charge in [-0.2, -0.15) is 0 Å². The fraction of sp³-hybridized carbons (Fsp3) is 0.417. The molecule has 0 aromatic heterocycles. The summed E-state index contributed by atoms with van der Waals surface area (Å²) in [5, 5.41) is 6.30. The second-order valence-electron chi connectivity index (χ2n) is 4.64. The summed E-state index contributed by atoms with van der Waals surface area (Å²) in [5.41, 5.74) is 3.24. The van der Waals surface area contributed by atoms with E-state index in [0.717, 1.165) is 42.1 Å². The van der Waals surface area contributed by atoms with E-state index in [2.05, 4.69) is 20.3 Å². The van der Waals surface area contributed by atoms with Crippen molar-refractivity contribution >= 4 is 27.4 Å². The third-order valence-corrected chi connectivity index (χ3v) is 3.37. The van der Waals surface area contributed by atoms with Gasteiger partial charge >= 0.3 is 0 Å². The van der Waals surface area contributed by atoms with E-state index in [9.17, 15) is 8.42 Å². The zero-order valence-electron chi connectivity index (χ0n) is 11.2. The fourth-order valence-electron chi connectivity index (χ4n) is 1.90. The number of hydrogen-bond donors (Lipinski definition) is 3. The molecule has 19 heavy (non-hydrogen) atoms. The van der Waals surface area contributed by atoms with Gasteiger partial charge in [0.2, 0.25) is 10.0 Å². The zero-order valence-corrected chi connectivity index (χ0v) is 12.1. The molecule has 1 heterocycles. The molecule has 0 atom stereocenters. The quantitative estimate of drug-likeness (QED) is 0.774. The lowest BCUT2D eigenvalue weighted by atomic mass is 10.1. The number of benzene rings is 1. The Labute approximate surface area is 113 Å². The lowest BCUT2D eigenvalue weighted by molar-refractivity contribution is 0.607. The summed E-state index contributed by atoms with van der Waals surface area (Å²) >= 11 is 0. The van der Waals surface area contributed by atoms with E-state index in [1.165, 1.54) is 0 Å². The van der Waals surface area contributed by atoms with Gasteiger partial charge in [0.05, 0.1) is 18.5 Å². The van der Waals surface area contributed by atoms with Gasteiger partial charge in [-0.25, -0.2) is 8.42 Å². The van der Waals surface area contributed by atoms with Crippen molar-refractivity contribution in [2.75, 3.05) is 29.4 Å². The first-order valence-electron chi connectivity index (χ1n) is 5.99. The predicted octanol–water partition coefficient (Wildman–Crippen LogP) is 1.05. The van der Waals surface area contributed by atoms with Gasteiger partial charge in [-0.15, -0.1) is 0 Å². The molecule has 0 saturated carbocycles. The van der Waals surface area contributed by atoms with Crippen LogP contribution in [-0.4, -0.2) is 33.7 Å². The van der Waals surface area contributed by atoms with Crippen LogP contribution in [0, 0.1) is 13.8 Å². The Kier molecular flexibility index (Phi) is 3.66. The molecule has 0 spiro atoms. The van der Waals surface area contributed by atoms with E-state index in [-0.39, 0.29) is 0 Å². The average Bonchev–Trinajstić information content (AvgIpc) is 2.75. The Morgan fingerprint density at radius 1 is 1.26 bits per heavy atom. The first kappa shape index (κ1) is 13.7. The number of hydrogen-bond acceptors (Lipinski definition) is 5. The molecule has 0 aliphatic carbocycles. The Morgan fingerprint density at radius 2 is 1.95 bits per heavy atom. The standard InChI is InChI=1S/C12H18N4O2S/c1-8-6-10(15-12-13-4-5-14-12)9(2)11(7-8)16-19(3,17)18/h6-7,16H,4-5H2,1-3H3,(H2,13,14,15). The van der Waals surface area contributed by atoms with Crippen LogP contribution in [0.1, 0.15) is 11.1 Å². The average molecular weight is 282 g/mol. The van der Waals surface area contributed by atoms with E-state index < -0.39 is 10.0 Å². The highest BCUT2D eigenvalue weighted by atomic mass is 32.2. The van der Waals surface area contributed by atoms with Crippen molar-refractivity contribution in [3.63, 3.8) is 0 Å². The number of anilines is 2. The van der Waals surface area contributed by atoms with Crippen molar-refractivity contribution in [2.45, 2.75) is 13.8 Å². The van der Waals surface area contributed by atoms with Gasteiger partial charge in [-0.3, -0.25) is 9.71 Å². The molecule has 104 valence electrons. The minimum Gasteiger partial charge on any atom is -0.354 e. The summed E-state index contributed by atoms with van der Waals surface area (Å²) < 4.78 is 25.2. The van der Waals surface area contributed by atoms with Crippen molar-refractivity contribution in [1.82, 2.24) is 5.32 Å². The maximum atomic E-state index is 11.4. The highest BCUT2D eigenvalue weighted by Gasteiger charge is 2.12. The van der Waals surface area contributed by atoms with Crippen LogP contribution >= 0.6 is 0 Å². The van der Waals surface area contributed by atoms with Gasteiger partial charge in [-0.1, -0.05) is 0 Å². The van der Waals surface area contributed by atoms with Gasteiger partial charge in [0.15, 0.2) is 5.96 Å². The van der Waals surface area contributed by atoms with E-state index in [0.29, 0.717) is 5.69 Å². The molecule has 2 rings (SSSR count). The van der Waals surface area contributed by atoms with Gasteiger partial charge in [0, 0.05) is 12.2 Å². The second kappa shape index (κ2) is 5.08. The predicted molar refractivity (Wildman–Crippen MR) is 78.3 cm³/mol. The molecule has 0 saturated heterocycles. The summed E-state index contributed by atoms with van der Waals surface area (Å²) in [6.07, 6.45) is 1.14. The minimum atomic E-state index is -3.28. The van der Waals surface area contributed by atoms with Crippen molar-refractivity contribution in [3.05, 3.63) is 23.3 Å². The normalized spacial score (nSPS) is 14.8. The van der Waals surface area contributed by atoms with Crippen LogP contribution in [0.3, 0.4) is 0 Å². The van der Waals surface area contributed by atoms with E-state index >= 15 is 0 Å². The van der Waals surface area contributed by atoms with Crippen molar-refractivity contribution in [2.24, 2.45) is 4.99 Å². The monoisotopic (exact) mass is 282 g/mol. The molecular formula is C12H18N4O2S. The smallest absolute Gasteiger partial charge is 0.229 e. The van der Waals surface area contributed by atoms with Gasteiger partial charge in [0.1, 0.15) is 0 Å². The topological polar surface area (TPSA) is 82.6 Å². The van der Waals surface area contributed by atoms with Crippen LogP contribution in [0.5, 0.6) is 0 Å². The minimum absolute atomic E-state index is 0.587. The molecule has 1 aliphatic rings. The molecule has 3 N–H and O–H groups in total. The maximum absolute atomic E-state index is 11.4. The number of aryl methyl sites for hydroxylation is 1. The molecule has 0 amide bonds. The molecule has 0 bridgehead atoms. The van der Waals surface area contributed by atoms with Crippen molar-refractivity contribution in [3.8, 4) is 0 Å². The zero-order chi connectivity index (χ0) is 14.0. The molecule has 0 fully saturated rings. The first-order valence-corrected chi connectivity index (χ1v) is 7.89. The third-order valence-electron chi connectivity index (χ3n) is 2.77. The third kappa shape index (κ3) is 3.60. The molecule has 6 nitrogen and oxygen atoms in total. The molecule has 7 heteroatoms. The van der Waals surface area contributed by atoms with Gasteiger partial charge < -0.3 is 10.6 Å². The molecule has 1 aromatic rings. The highest BCUT2D eigenvalue weighted by molar-refractivity contribution is 7.92. The number of rotatable bonds is 3. The Balaban J connectivity index is 2.33. The Hall–Kier alpha value is -1.76. The Bertz CT molecular complexity index is 623. The van der Waals surface area contributed by atoms with Crippen molar-refractivity contribution < 1.29 is 8.42 Å². The number of nitrogens with one attached hydrogen (secondary N) is 3. The summed E-state index contributed by atoms with van der Waals surface area (Å²) in [4.78, 5) is 4.26. The molecule has 1 aliphatic heterocycles. The number of aliphatic imine (C=N–C) groups is 1. The van der Waals surface area contributed by atoms with E-state index in [4.69, 9.17) is 0 Å². The highest BCUT2D eigenvalue weighted by Crippen LogP contribution is 2.26. The van der Waals surface area contributed by atoms with Crippen LogP contribution in [0.2, 0.25) is 0 Å². The number of nitrogens with zero attached hydrogens (tertiary/aromatic N) is 1. The Morgan fingerprint density at radius 3 is 2.53 bits per heavy atom. The first-order chi connectivity index (χ1) is 8.85. The number of sulfonamides is 1. The van der Waals surface area contributed by atoms with Crippen LogP contribution < -0.4 is 15.4 Å². The SMILES string of the molecule is Cc1cc(NC2=NCCN2)c(C)c(NS(C)(=O)=O)c1. The lowest BCUT2D eigenvalue weighted by Crippen LogP contribution is -2.26. The summed E-state index contributed by atoms with van der Waals surface area (Å²) in [7, 11) is -3.28. The lowest BCUT2D eigenvalue weighted by Gasteiger charge is -2.15. The molecule has 0 radical (unpaired) electrons. The molecule has 1 aromatic carbocycles. The maximum Gasteiger partial charge on any atom is 0.229 e. The van der Waals surface area contributed by atoms with E-state index in [1.54, 1.807) is 0 Å². The molecule has 0 unspecified atom stereocenters. The second-order valence-corrected chi connectivity index (χ2v) is 6.39. The summed E-state index contributed by atoms with van der Waals surface area (Å²) in [5.74, 6) is 0.721. The number of guanidine groups is 1. The van der Waals surface area contributed by atoms with Crippen LogP contribution in [0.15, 0.2) is 17.1 Å². The fourth-order valence-corrected chi connectivity index (χ4v) is 2.51.